The maximum atomic E-state index is 11.4. The number of carbonyl (C=O) groups is 1. The molecule has 0 fully saturated rings. The summed E-state index contributed by atoms with van der Waals surface area (Å²) >= 11 is 9.38. The molecule has 0 aliphatic rings. The summed E-state index contributed by atoms with van der Waals surface area (Å²) in [6.07, 6.45) is 0. The summed E-state index contributed by atoms with van der Waals surface area (Å²) in [6.45, 7) is 2.32. The molecule has 110 valence electrons. The number of carbonyl (C=O) groups excluding carboxylic acids is 1. The lowest BCUT2D eigenvalue weighted by Crippen LogP contribution is -2.29. The van der Waals surface area contributed by atoms with E-state index in [1.54, 1.807) is 18.2 Å². The zero-order chi connectivity index (χ0) is 15.4. The van der Waals surface area contributed by atoms with Crippen LogP contribution < -0.4 is 16.0 Å². The van der Waals surface area contributed by atoms with E-state index in [1.165, 1.54) is 0 Å². The number of benzene rings is 2. The third kappa shape index (κ3) is 3.97. The molecule has 0 aromatic heterocycles. The van der Waals surface area contributed by atoms with Gasteiger partial charge >= 0.3 is 0 Å². The molecule has 0 heterocycles. The van der Waals surface area contributed by atoms with E-state index >= 15 is 0 Å². The molecule has 4 nitrogen and oxygen atoms in total. The lowest BCUT2D eigenvalue weighted by atomic mass is 10.1. The van der Waals surface area contributed by atoms with E-state index in [9.17, 15) is 4.79 Å². The van der Waals surface area contributed by atoms with Gasteiger partial charge in [0.05, 0.1) is 0 Å². The number of ether oxygens (including phenoxy) is 1. The number of hydrogen-bond acceptors (Lipinski definition) is 3. The van der Waals surface area contributed by atoms with E-state index in [4.69, 9.17) is 22.2 Å². The van der Waals surface area contributed by atoms with Crippen LogP contribution in [0.4, 0.5) is 0 Å². The van der Waals surface area contributed by atoms with Gasteiger partial charge in [-0.3, -0.25) is 10.2 Å². The van der Waals surface area contributed by atoms with Crippen LogP contribution in [0.25, 0.3) is 0 Å². The summed E-state index contributed by atoms with van der Waals surface area (Å²) in [5.41, 5.74) is 4.50. The van der Waals surface area contributed by atoms with Crippen LogP contribution in [0, 0.1) is 6.92 Å². The van der Waals surface area contributed by atoms with Crippen molar-refractivity contribution in [2.24, 2.45) is 5.84 Å². The maximum absolute atomic E-state index is 11.4. The van der Waals surface area contributed by atoms with Crippen LogP contribution in [-0.4, -0.2) is 5.91 Å². The Morgan fingerprint density at radius 3 is 2.76 bits per heavy atom. The Balaban J connectivity index is 2.13. The predicted molar refractivity (Wildman–Crippen MR) is 86.3 cm³/mol. The molecular formula is C15H14BrClN2O2. The predicted octanol–water partition coefficient (Wildman–Crippen LogP) is 3.59. The van der Waals surface area contributed by atoms with E-state index in [0.717, 1.165) is 21.3 Å². The van der Waals surface area contributed by atoms with Crippen molar-refractivity contribution in [3.8, 4) is 5.75 Å². The molecule has 2 aromatic rings. The molecule has 3 N–H and O–H groups in total. The lowest BCUT2D eigenvalue weighted by molar-refractivity contribution is 0.0953. The zero-order valence-electron chi connectivity index (χ0n) is 11.3. The zero-order valence-corrected chi connectivity index (χ0v) is 13.7. The molecule has 0 aliphatic carbocycles. The highest BCUT2D eigenvalue weighted by molar-refractivity contribution is 9.10. The van der Waals surface area contributed by atoms with Crippen molar-refractivity contribution >= 4 is 33.4 Å². The average Bonchev–Trinajstić information content (AvgIpc) is 2.48. The second kappa shape index (κ2) is 6.93. The lowest BCUT2D eigenvalue weighted by Gasteiger charge is -2.11. The van der Waals surface area contributed by atoms with Crippen LogP contribution >= 0.6 is 27.5 Å². The number of aryl methyl sites for hydroxylation is 1. The average molecular weight is 370 g/mol. The minimum atomic E-state index is -0.339. The normalized spacial score (nSPS) is 10.3. The third-order valence-electron chi connectivity index (χ3n) is 2.98. The Morgan fingerprint density at radius 2 is 2.10 bits per heavy atom. The van der Waals surface area contributed by atoms with Crippen molar-refractivity contribution in [3.05, 3.63) is 62.6 Å². The molecule has 0 bridgehead atoms. The van der Waals surface area contributed by atoms with Crippen molar-refractivity contribution in [2.75, 3.05) is 0 Å². The van der Waals surface area contributed by atoms with E-state index in [1.807, 2.05) is 25.1 Å². The Kier molecular flexibility index (Phi) is 5.22. The van der Waals surface area contributed by atoms with Crippen LogP contribution in [0.15, 0.2) is 40.9 Å². The van der Waals surface area contributed by atoms with E-state index in [2.05, 4.69) is 21.4 Å². The highest BCUT2D eigenvalue weighted by Gasteiger charge is 2.08. The highest BCUT2D eigenvalue weighted by Crippen LogP contribution is 2.25. The molecule has 0 unspecified atom stereocenters. The minimum Gasteiger partial charge on any atom is -0.489 e. The smallest absolute Gasteiger partial charge is 0.265 e. The summed E-state index contributed by atoms with van der Waals surface area (Å²) < 4.78 is 6.55. The summed E-state index contributed by atoms with van der Waals surface area (Å²) in [4.78, 5) is 11.4. The number of hydrogen-bond donors (Lipinski definition) is 2. The topological polar surface area (TPSA) is 64.3 Å². The largest absolute Gasteiger partial charge is 0.489 e. The van der Waals surface area contributed by atoms with Gasteiger partial charge in [0.15, 0.2) is 0 Å². The maximum Gasteiger partial charge on any atom is 0.265 e. The number of nitrogens with one attached hydrogen (secondary N) is 1. The molecule has 2 aromatic carbocycles. The van der Waals surface area contributed by atoms with E-state index in [0.29, 0.717) is 17.2 Å². The monoisotopic (exact) mass is 368 g/mol. The molecular weight excluding hydrogens is 356 g/mol. The Bertz CT molecular complexity index is 677. The van der Waals surface area contributed by atoms with Gasteiger partial charge in [-0.15, -0.1) is 0 Å². The number of amides is 1. The van der Waals surface area contributed by atoms with Crippen LogP contribution in [0.5, 0.6) is 5.75 Å². The van der Waals surface area contributed by atoms with Gasteiger partial charge in [-0.25, -0.2) is 5.84 Å². The van der Waals surface area contributed by atoms with Gasteiger partial charge in [0.2, 0.25) is 0 Å². The fraction of sp³-hybridized carbons (Fsp3) is 0.133. The summed E-state index contributed by atoms with van der Waals surface area (Å²) in [6, 6.07) is 10.7. The first kappa shape index (κ1) is 15.8. The molecule has 2 rings (SSSR count). The number of nitrogens with two attached hydrogens (primary N) is 1. The summed E-state index contributed by atoms with van der Waals surface area (Å²) in [5, 5.41) is 0.629. The van der Waals surface area contributed by atoms with Gasteiger partial charge in [-0.1, -0.05) is 39.7 Å². The SMILES string of the molecule is Cc1ccc(Cl)cc1OCc1ccc(C(=O)NN)cc1Br. The molecule has 1 amide bonds. The Morgan fingerprint density at radius 1 is 1.33 bits per heavy atom. The molecule has 21 heavy (non-hydrogen) atoms. The fourth-order valence-corrected chi connectivity index (χ4v) is 2.43. The van der Waals surface area contributed by atoms with Crippen LogP contribution in [0.3, 0.4) is 0 Å². The molecule has 6 heteroatoms. The first-order valence-electron chi connectivity index (χ1n) is 6.19. The second-order valence-corrected chi connectivity index (χ2v) is 5.77. The number of halogens is 2. The molecule has 0 atom stereocenters. The Hall–Kier alpha value is -1.56. The molecule has 0 aliphatic heterocycles. The van der Waals surface area contributed by atoms with E-state index in [-0.39, 0.29) is 5.91 Å². The van der Waals surface area contributed by atoms with Crippen LogP contribution in [0.1, 0.15) is 21.5 Å². The number of nitrogen functional groups attached to an aromatic ring is 1. The van der Waals surface area contributed by atoms with Crippen molar-refractivity contribution in [1.82, 2.24) is 5.43 Å². The molecule has 0 saturated heterocycles. The first-order valence-corrected chi connectivity index (χ1v) is 7.36. The molecule has 0 spiro atoms. The minimum absolute atomic E-state index is 0.339. The summed E-state index contributed by atoms with van der Waals surface area (Å²) in [7, 11) is 0. The standard InChI is InChI=1S/C15H14BrClN2O2/c1-9-2-5-12(17)7-14(9)21-8-11-4-3-10(6-13(11)16)15(20)19-18/h2-7H,8,18H2,1H3,(H,19,20). The van der Waals surface area contributed by atoms with Crippen LogP contribution in [0.2, 0.25) is 5.02 Å². The van der Waals surface area contributed by atoms with Crippen molar-refractivity contribution < 1.29 is 9.53 Å². The molecule has 0 radical (unpaired) electrons. The van der Waals surface area contributed by atoms with Gasteiger partial charge in [-0.2, -0.15) is 0 Å². The Labute approximate surface area is 136 Å². The number of rotatable bonds is 4. The van der Waals surface area contributed by atoms with Gasteiger partial charge in [0, 0.05) is 20.6 Å². The van der Waals surface area contributed by atoms with Gasteiger partial charge in [0.1, 0.15) is 12.4 Å². The van der Waals surface area contributed by atoms with Gasteiger partial charge in [-0.05, 0) is 36.8 Å². The quantitative estimate of drug-likeness (QED) is 0.492. The second-order valence-electron chi connectivity index (χ2n) is 4.48. The van der Waals surface area contributed by atoms with Crippen LogP contribution in [-0.2, 0) is 6.61 Å². The number of hydrazine groups is 1. The highest BCUT2D eigenvalue weighted by atomic mass is 79.9. The van der Waals surface area contributed by atoms with Crippen molar-refractivity contribution in [3.63, 3.8) is 0 Å². The fourth-order valence-electron chi connectivity index (χ4n) is 1.77. The first-order chi connectivity index (χ1) is 10.0. The van der Waals surface area contributed by atoms with Gasteiger partial charge in [0.25, 0.3) is 5.91 Å². The van der Waals surface area contributed by atoms with Gasteiger partial charge < -0.3 is 4.74 Å². The summed E-state index contributed by atoms with van der Waals surface area (Å²) in [5.74, 6) is 5.50. The van der Waals surface area contributed by atoms with E-state index < -0.39 is 0 Å². The molecule has 0 saturated carbocycles. The third-order valence-corrected chi connectivity index (χ3v) is 3.95. The van der Waals surface area contributed by atoms with Crippen molar-refractivity contribution in [2.45, 2.75) is 13.5 Å². The van der Waals surface area contributed by atoms with Crippen molar-refractivity contribution in [1.29, 1.82) is 0 Å².